The van der Waals surface area contributed by atoms with Crippen molar-refractivity contribution in [2.75, 3.05) is 0 Å². The van der Waals surface area contributed by atoms with Crippen LogP contribution in [0, 0.1) is 23.7 Å². The van der Waals surface area contributed by atoms with E-state index in [-0.39, 0.29) is 12.3 Å². The van der Waals surface area contributed by atoms with Gasteiger partial charge in [0.15, 0.2) is 0 Å². The number of esters is 2. The van der Waals surface area contributed by atoms with Crippen LogP contribution in [0.4, 0.5) is 0 Å². The van der Waals surface area contributed by atoms with E-state index in [9.17, 15) is 9.59 Å². The van der Waals surface area contributed by atoms with Gasteiger partial charge in [0.05, 0.1) is 12.3 Å². The largest absolute Gasteiger partial charge is 0.393 e. The molecule has 0 N–H and O–H groups in total. The molecule has 0 bridgehead atoms. The van der Waals surface area contributed by atoms with Crippen LogP contribution in [0.1, 0.15) is 38.5 Å². The number of hydrogen-bond acceptors (Lipinski definition) is 3. The third-order valence-electron chi connectivity index (χ3n) is 4.60. The Kier molecular flexibility index (Phi) is 7.73. The molecular formula is C20H27O3. The average Bonchev–Trinajstić information content (AvgIpc) is 2.89. The second-order valence-electron chi connectivity index (χ2n) is 6.08. The molecule has 0 aromatic carbocycles. The Labute approximate surface area is 139 Å². The van der Waals surface area contributed by atoms with Crippen molar-refractivity contribution in [1.29, 1.82) is 0 Å². The van der Waals surface area contributed by atoms with Gasteiger partial charge < -0.3 is 4.74 Å². The van der Waals surface area contributed by atoms with Crippen molar-refractivity contribution >= 4 is 11.9 Å². The van der Waals surface area contributed by atoms with E-state index in [2.05, 4.69) is 26.3 Å². The molecule has 23 heavy (non-hydrogen) atoms. The number of allylic oxidation sites excluding steroid dienone is 4. The van der Waals surface area contributed by atoms with Gasteiger partial charge in [-0.1, -0.05) is 24.3 Å². The first-order valence-electron chi connectivity index (χ1n) is 8.08. The maximum Gasteiger partial charge on any atom is 0.318 e. The minimum Gasteiger partial charge on any atom is -0.393 e. The lowest BCUT2D eigenvalue weighted by molar-refractivity contribution is -0.154. The minimum atomic E-state index is -0.458. The van der Waals surface area contributed by atoms with E-state index in [1.165, 1.54) is 0 Å². The zero-order chi connectivity index (χ0) is 17.3. The molecule has 0 saturated carbocycles. The Morgan fingerprint density at radius 2 is 2.00 bits per heavy atom. The fourth-order valence-corrected chi connectivity index (χ4v) is 3.26. The van der Waals surface area contributed by atoms with Gasteiger partial charge in [0.25, 0.3) is 0 Å². The molecule has 1 heterocycles. The summed E-state index contributed by atoms with van der Waals surface area (Å²) >= 11 is 0. The van der Waals surface area contributed by atoms with Crippen molar-refractivity contribution in [3.8, 4) is 0 Å². The van der Waals surface area contributed by atoms with E-state index in [0.717, 1.165) is 25.7 Å². The van der Waals surface area contributed by atoms with Crippen LogP contribution in [0.3, 0.4) is 0 Å². The standard InChI is InChI=1S/C20H27O3/c1-5-9-11-13-20(8-4,15-16(7-3)12-10-6-2)17-14-18(21)23-19(17)22/h5-8,10,16-17H,1-4,9,11-15H2. The molecule has 0 aromatic heterocycles. The monoisotopic (exact) mass is 315 g/mol. The number of rotatable bonds is 12. The summed E-state index contributed by atoms with van der Waals surface area (Å²) in [5.74, 6) is -1.13. The Morgan fingerprint density at radius 1 is 1.26 bits per heavy atom. The summed E-state index contributed by atoms with van der Waals surface area (Å²) in [6.45, 7) is 15.3. The molecule has 3 unspecified atom stereocenters. The quantitative estimate of drug-likeness (QED) is 0.229. The number of carbonyl (C=O) groups excluding carboxylic acids is 2. The van der Waals surface area contributed by atoms with Gasteiger partial charge in [-0.05, 0) is 44.4 Å². The molecule has 3 heteroatoms. The lowest BCUT2D eigenvalue weighted by Gasteiger charge is -2.36. The topological polar surface area (TPSA) is 43.4 Å². The molecule has 1 radical (unpaired) electrons. The van der Waals surface area contributed by atoms with Gasteiger partial charge in [-0.25, -0.2) is 0 Å². The van der Waals surface area contributed by atoms with E-state index in [4.69, 9.17) is 4.74 Å². The number of hydrogen-bond donors (Lipinski definition) is 0. The molecule has 1 aliphatic heterocycles. The first-order chi connectivity index (χ1) is 11.0. The summed E-state index contributed by atoms with van der Waals surface area (Å²) in [6, 6.07) is 0. The molecular weight excluding hydrogens is 288 g/mol. The fourth-order valence-electron chi connectivity index (χ4n) is 3.26. The first kappa shape index (κ1) is 19.1. The zero-order valence-corrected chi connectivity index (χ0v) is 13.8. The Balaban J connectivity index is 3.01. The molecule has 1 saturated heterocycles. The maximum atomic E-state index is 12.1. The molecule has 1 fully saturated rings. The summed E-state index contributed by atoms with van der Waals surface area (Å²) < 4.78 is 4.79. The van der Waals surface area contributed by atoms with E-state index in [1.54, 1.807) is 6.08 Å². The third-order valence-corrected chi connectivity index (χ3v) is 4.60. The smallest absolute Gasteiger partial charge is 0.318 e. The fraction of sp³-hybridized carbons (Fsp3) is 0.450. The molecule has 1 aliphatic rings. The highest BCUT2D eigenvalue weighted by Crippen LogP contribution is 2.46. The zero-order valence-electron chi connectivity index (χ0n) is 13.8. The maximum absolute atomic E-state index is 12.1. The van der Waals surface area contributed by atoms with Gasteiger partial charge in [-0.3, -0.25) is 9.59 Å². The Bertz CT molecular complexity index is 477. The van der Waals surface area contributed by atoms with Crippen molar-refractivity contribution < 1.29 is 14.3 Å². The molecule has 0 aliphatic carbocycles. The van der Waals surface area contributed by atoms with E-state index >= 15 is 0 Å². The normalized spacial score (nSPS) is 21.1. The summed E-state index contributed by atoms with van der Waals surface area (Å²) in [5.41, 5.74) is -0.458. The van der Waals surface area contributed by atoms with Crippen molar-refractivity contribution in [1.82, 2.24) is 0 Å². The molecule has 3 atom stereocenters. The molecule has 1 rings (SSSR count). The SMILES string of the molecule is C=C[CH]CC(C=C)CC(C=C)(CCCC=C)C1CC(=O)OC1=O. The van der Waals surface area contributed by atoms with Crippen LogP contribution in [0.15, 0.2) is 50.6 Å². The van der Waals surface area contributed by atoms with Crippen LogP contribution in [0.25, 0.3) is 0 Å². The summed E-state index contributed by atoms with van der Waals surface area (Å²) in [5, 5.41) is 0. The number of unbranched alkanes of at least 4 members (excludes halogenated alkanes) is 1. The number of carbonyl (C=O) groups is 2. The van der Waals surface area contributed by atoms with Crippen molar-refractivity contribution in [3.63, 3.8) is 0 Å². The van der Waals surface area contributed by atoms with Crippen LogP contribution in [-0.2, 0) is 14.3 Å². The van der Waals surface area contributed by atoms with Crippen molar-refractivity contribution in [2.45, 2.75) is 38.5 Å². The first-order valence-corrected chi connectivity index (χ1v) is 8.08. The second kappa shape index (κ2) is 9.29. The van der Waals surface area contributed by atoms with E-state index in [0.29, 0.717) is 6.42 Å². The summed E-state index contributed by atoms with van der Waals surface area (Å²) in [6.07, 6.45) is 13.5. The van der Waals surface area contributed by atoms with Gasteiger partial charge in [0, 0.05) is 5.41 Å². The highest BCUT2D eigenvalue weighted by Gasteiger charge is 2.47. The molecule has 125 valence electrons. The number of ether oxygens (including phenoxy) is 1. The molecule has 3 nitrogen and oxygen atoms in total. The Hall–Kier alpha value is -1.90. The molecule has 0 amide bonds. The second-order valence-corrected chi connectivity index (χ2v) is 6.08. The van der Waals surface area contributed by atoms with Crippen molar-refractivity contribution in [2.24, 2.45) is 17.3 Å². The van der Waals surface area contributed by atoms with Crippen LogP contribution < -0.4 is 0 Å². The lowest BCUT2D eigenvalue weighted by Crippen LogP contribution is -2.34. The van der Waals surface area contributed by atoms with Crippen molar-refractivity contribution in [3.05, 3.63) is 57.0 Å². The van der Waals surface area contributed by atoms with Gasteiger partial charge in [-0.2, -0.15) is 0 Å². The third kappa shape index (κ3) is 5.05. The van der Waals surface area contributed by atoms with Gasteiger partial charge >= 0.3 is 11.9 Å². The van der Waals surface area contributed by atoms with Crippen LogP contribution in [-0.4, -0.2) is 11.9 Å². The van der Waals surface area contributed by atoms with Gasteiger partial charge in [0.2, 0.25) is 0 Å². The van der Waals surface area contributed by atoms with E-state index in [1.807, 2.05) is 24.6 Å². The van der Waals surface area contributed by atoms with E-state index < -0.39 is 23.3 Å². The summed E-state index contributed by atoms with van der Waals surface area (Å²) in [7, 11) is 0. The predicted octanol–water partition coefficient (Wildman–Crippen LogP) is 4.58. The lowest BCUT2D eigenvalue weighted by atomic mass is 9.65. The van der Waals surface area contributed by atoms with Crippen LogP contribution in [0.5, 0.6) is 0 Å². The van der Waals surface area contributed by atoms with Crippen LogP contribution in [0.2, 0.25) is 0 Å². The highest BCUT2D eigenvalue weighted by molar-refractivity contribution is 5.95. The summed E-state index contributed by atoms with van der Waals surface area (Å²) in [4.78, 5) is 23.7. The molecule has 0 aromatic rings. The van der Waals surface area contributed by atoms with Gasteiger partial charge in [0.1, 0.15) is 0 Å². The Morgan fingerprint density at radius 3 is 2.48 bits per heavy atom. The molecule has 0 spiro atoms. The predicted molar refractivity (Wildman–Crippen MR) is 93.3 cm³/mol. The minimum absolute atomic E-state index is 0.133. The van der Waals surface area contributed by atoms with Gasteiger partial charge in [-0.15, -0.1) is 26.3 Å². The average molecular weight is 315 g/mol. The highest BCUT2D eigenvalue weighted by atomic mass is 16.6. The van der Waals surface area contributed by atoms with Crippen LogP contribution >= 0.6 is 0 Å². The number of cyclic esters (lactones) is 2.